The Kier molecular flexibility index (Phi) is 4.64. The summed E-state index contributed by atoms with van der Waals surface area (Å²) in [6, 6.07) is 4.70. The van der Waals surface area contributed by atoms with Gasteiger partial charge in [0.15, 0.2) is 11.6 Å². The minimum Gasteiger partial charge on any atom is -0.493 e. The molecule has 106 valence electrons. The van der Waals surface area contributed by atoms with Crippen LogP contribution in [-0.2, 0) is 0 Å². The smallest absolute Gasteiger partial charge is 0.171 e. The Morgan fingerprint density at radius 3 is 2.74 bits per heavy atom. The van der Waals surface area contributed by atoms with E-state index < -0.39 is 0 Å². The maximum Gasteiger partial charge on any atom is 0.171 e. The van der Waals surface area contributed by atoms with Crippen molar-refractivity contribution < 1.29 is 4.74 Å². The summed E-state index contributed by atoms with van der Waals surface area (Å²) in [5.74, 6) is 1.89. The van der Waals surface area contributed by atoms with Crippen LogP contribution in [0.1, 0.15) is 25.0 Å². The molecule has 1 unspecified atom stereocenters. The lowest BCUT2D eigenvalue weighted by Crippen LogP contribution is -2.30. The first-order valence-electron chi connectivity index (χ1n) is 7.05. The number of rotatable bonds is 3. The standard InChI is InChI=1S/C15H25N3O/c1-12-7-8-14(19-4)15(16-12)18-10-5-6-13(9-11-18)17(2)3/h7-8,13H,5-6,9-11H2,1-4H3. The number of methoxy groups -OCH3 is 1. The van der Waals surface area contributed by atoms with Crippen molar-refractivity contribution in [1.29, 1.82) is 0 Å². The number of hydrogen-bond acceptors (Lipinski definition) is 4. The van der Waals surface area contributed by atoms with E-state index in [4.69, 9.17) is 4.74 Å². The molecule has 1 aromatic heterocycles. The summed E-state index contributed by atoms with van der Waals surface area (Å²) in [5.41, 5.74) is 1.05. The van der Waals surface area contributed by atoms with Crippen molar-refractivity contribution in [2.24, 2.45) is 0 Å². The normalized spacial score (nSPS) is 20.5. The molecule has 4 nitrogen and oxygen atoms in total. The number of aromatic nitrogens is 1. The number of pyridine rings is 1. The van der Waals surface area contributed by atoms with E-state index in [1.54, 1.807) is 7.11 Å². The Bertz CT molecular complexity index is 420. The van der Waals surface area contributed by atoms with E-state index in [9.17, 15) is 0 Å². The molecule has 2 heterocycles. The lowest BCUT2D eigenvalue weighted by molar-refractivity contribution is 0.272. The third kappa shape index (κ3) is 3.38. The van der Waals surface area contributed by atoms with Gasteiger partial charge in [0.1, 0.15) is 0 Å². The van der Waals surface area contributed by atoms with Crippen LogP contribution in [0.4, 0.5) is 5.82 Å². The molecule has 1 fully saturated rings. The van der Waals surface area contributed by atoms with Crippen molar-refractivity contribution in [3.63, 3.8) is 0 Å². The lowest BCUT2D eigenvalue weighted by Gasteiger charge is -2.25. The van der Waals surface area contributed by atoms with Crippen LogP contribution in [0.25, 0.3) is 0 Å². The summed E-state index contributed by atoms with van der Waals surface area (Å²) in [5, 5.41) is 0. The monoisotopic (exact) mass is 263 g/mol. The second-order valence-corrected chi connectivity index (χ2v) is 5.51. The molecule has 2 rings (SSSR count). The van der Waals surface area contributed by atoms with Gasteiger partial charge < -0.3 is 14.5 Å². The fourth-order valence-corrected chi connectivity index (χ4v) is 2.72. The number of aryl methyl sites for hydroxylation is 1. The van der Waals surface area contributed by atoms with Crippen LogP contribution >= 0.6 is 0 Å². The summed E-state index contributed by atoms with van der Waals surface area (Å²) < 4.78 is 5.45. The maximum absolute atomic E-state index is 5.45. The molecule has 0 radical (unpaired) electrons. The summed E-state index contributed by atoms with van der Waals surface area (Å²) in [6.45, 7) is 4.15. The fraction of sp³-hybridized carbons (Fsp3) is 0.667. The minimum atomic E-state index is 0.681. The van der Waals surface area contributed by atoms with E-state index in [0.29, 0.717) is 6.04 Å². The third-order valence-corrected chi connectivity index (χ3v) is 3.93. The van der Waals surface area contributed by atoms with E-state index in [1.165, 1.54) is 19.3 Å². The average molecular weight is 263 g/mol. The van der Waals surface area contributed by atoms with Gasteiger partial charge in [0.25, 0.3) is 0 Å². The summed E-state index contributed by atoms with van der Waals surface area (Å²) in [6.07, 6.45) is 3.66. The molecule has 0 bridgehead atoms. The highest BCUT2D eigenvalue weighted by Gasteiger charge is 2.21. The predicted octanol–water partition coefficient (Wildman–Crippen LogP) is 2.32. The quantitative estimate of drug-likeness (QED) is 0.837. The molecule has 1 atom stereocenters. The number of nitrogens with zero attached hydrogens (tertiary/aromatic N) is 3. The van der Waals surface area contributed by atoms with E-state index >= 15 is 0 Å². The van der Waals surface area contributed by atoms with E-state index in [1.807, 2.05) is 19.1 Å². The molecule has 0 aromatic carbocycles. The zero-order valence-corrected chi connectivity index (χ0v) is 12.5. The van der Waals surface area contributed by atoms with Gasteiger partial charge >= 0.3 is 0 Å². The molecule has 0 saturated carbocycles. The number of anilines is 1. The molecule has 19 heavy (non-hydrogen) atoms. The molecule has 4 heteroatoms. The third-order valence-electron chi connectivity index (χ3n) is 3.93. The van der Waals surface area contributed by atoms with Gasteiger partial charge in [-0.15, -0.1) is 0 Å². The van der Waals surface area contributed by atoms with Gasteiger partial charge in [0.05, 0.1) is 7.11 Å². The molecule has 0 aliphatic carbocycles. The SMILES string of the molecule is COc1ccc(C)nc1N1CCCC(N(C)C)CC1. The Balaban J connectivity index is 2.16. The second-order valence-electron chi connectivity index (χ2n) is 5.51. The summed E-state index contributed by atoms with van der Waals surface area (Å²) in [4.78, 5) is 9.37. The zero-order chi connectivity index (χ0) is 13.8. The Hall–Kier alpha value is -1.29. The Morgan fingerprint density at radius 2 is 2.05 bits per heavy atom. The molecular formula is C15H25N3O. The fourth-order valence-electron chi connectivity index (χ4n) is 2.72. The van der Waals surface area contributed by atoms with Crippen LogP contribution < -0.4 is 9.64 Å². The second kappa shape index (κ2) is 6.24. The van der Waals surface area contributed by atoms with Gasteiger partial charge in [-0.05, 0) is 52.4 Å². The van der Waals surface area contributed by atoms with E-state index in [0.717, 1.165) is 30.4 Å². The van der Waals surface area contributed by atoms with Gasteiger partial charge in [0.2, 0.25) is 0 Å². The lowest BCUT2D eigenvalue weighted by atomic mass is 10.1. The van der Waals surface area contributed by atoms with Crippen LogP contribution in [0, 0.1) is 6.92 Å². The first-order valence-corrected chi connectivity index (χ1v) is 7.05. The molecule has 0 spiro atoms. The molecule has 1 aliphatic heterocycles. The largest absolute Gasteiger partial charge is 0.493 e. The summed E-state index contributed by atoms with van der Waals surface area (Å²) in [7, 11) is 6.06. The van der Waals surface area contributed by atoms with Crippen molar-refractivity contribution in [3.05, 3.63) is 17.8 Å². The minimum absolute atomic E-state index is 0.681. The predicted molar refractivity (Wildman–Crippen MR) is 79.1 cm³/mol. The van der Waals surface area contributed by atoms with E-state index in [-0.39, 0.29) is 0 Å². The molecule has 0 amide bonds. The zero-order valence-electron chi connectivity index (χ0n) is 12.5. The summed E-state index contributed by atoms with van der Waals surface area (Å²) >= 11 is 0. The molecule has 1 saturated heterocycles. The Morgan fingerprint density at radius 1 is 1.26 bits per heavy atom. The number of ether oxygens (including phenoxy) is 1. The van der Waals surface area contributed by atoms with Crippen molar-refractivity contribution >= 4 is 5.82 Å². The average Bonchev–Trinajstić information content (AvgIpc) is 2.64. The highest BCUT2D eigenvalue weighted by atomic mass is 16.5. The topological polar surface area (TPSA) is 28.6 Å². The van der Waals surface area contributed by atoms with Gasteiger partial charge in [-0.1, -0.05) is 0 Å². The van der Waals surface area contributed by atoms with Gasteiger partial charge in [-0.3, -0.25) is 0 Å². The molecule has 1 aliphatic rings. The van der Waals surface area contributed by atoms with Crippen LogP contribution in [0.2, 0.25) is 0 Å². The molecule has 1 aromatic rings. The highest BCUT2D eigenvalue weighted by Crippen LogP contribution is 2.28. The molecule has 0 N–H and O–H groups in total. The van der Waals surface area contributed by atoms with Gasteiger partial charge in [-0.2, -0.15) is 0 Å². The van der Waals surface area contributed by atoms with Crippen molar-refractivity contribution in [2.45, 2.75) is 32.2 Å². The van der Waals surface area contributed by atoms with Gasteiger partial charge in [-0.25, -0.2) is 4.98 Å². The molecular weight excluding hydrogens is 238 g/mol. The van der Waals surface area contributed by atoms with Crippen molar-refractivity contribution in [3.8, 4) is 5.75 Å². The highest BCUT2D eigenvalue weighted by molar-refractivity contribution is 5.53. The van der Waals surface area contributed by atoms with E-state index in [2.05, 4.69) is 28.9 Å². The first kappa shape index (κ1) is 14.1. The Labute approximate surface area is 116 Å². The van der Waals surface area contributed by atoms with Gasteiger partial charge in [0, 0.05) is 24.8 Å². The van der Waals surface area contributed by atoms with Crippen LogP contribution in [0.5, 0.6) is 5.75 Å². The van der Waals surface area contributed by atoms with Crippen LogP contribution in [0.3, 0.4) is 0 Å². The van der Waals surface area contributed by atoms with Crippen molar-refractivity contribution in [2.75, 3.05) is 39.2 Å². The first-order chi connectivity index (χ1) is 9.11. The number of hydrogen-bond donors (Lipinski definition) is 0. The maximum atomic E-state index is 5.45. The van der Waals surface area contributed by atoms with Crippen LogP contribution in [0.15, 0.2) is 12.1 Å². The van der Waals surface area contributed by atoms with Crippen molar-refractivity contribution in [1.82, 2.24) is 9.88 Å². The van der Waals surface area contributed by atoms with Crippen LogP contribution in [-0.4, -0.2) is 50.2 Å².